The fourth-order valence-corrected chi connectivity index (χ4v) is 3.29. The number of hydrogen-bond donors (Lipinski definition) is 1. The maximum absolute atomic E-state index is 12.5. The number of methoxy groups -OCH3 is 1. The highest BCUT2D eigenvalue weighted by Gasteiger charge is 2.17. The second-order valence-corrected chi connectivity index (χ2v) is 8.04. The standard InChI is InChI=1S/C19H19NO5S/c1-12(13-7-9-15(10-8-13)26(3,22)23)20-19(21)17-11-14-5-4-6-16(24-2)18(14)25-17/h4-12H,1-3H3,(H,20,21). The van der Waals surface area contributed by atoms with Gasteiger partial charge in [-0.2, -0.15) is 0 Å². The fourth-order valence-electron chi connectivity index (χ4n) is 2.66. The lowest BCUT2D eigenvalue weighted by Gasteiger charge is -2.13. The minimum Gasteiger partial charge on any atom is -0.493 e. The molecule has 1 amide bonds. The first-order chi connectivity index (χ1) is 12.3. The van der Waals surface area contributed by atoms with Gasteiger partial charge in [0, 0.05) is 11.6 Å². The van der Waals surface area contributed by atoms with E-state index in [1.807, 2.05) is 19.1 Å². The van der Waals surface area contributed by atoms with Gasteiger partial charge in [0.25, 0.3) is 5.91 Å². The molecule has 1 atom stereocenters. The molecule has 0 saturated carbocycles. The van der Waals surface area contributed by atoms with Crippen molar-refractivity contribution >= 4 is 26.7 Å². The van der Waals surface area contributed by atoms with Crippen molar-refractivity contribution in [2.45, 2.75) is 17.9 Å². The van der Waals surface area contributed by atoms with Crippen LogP contribution in [0.2, 0.25) is 0 Å². The molecule has 0 aliphatic carbocycles. The molecule has 1 aromatic heterocycles. The van der Waals surface area contributed by atoms with E-state index in [2.05, 4.69) is 5.32 Å². The maximum atomic E-state index is 12.5. The Morgan fingerprint density at radius 2 is 1.85 bits per heavy atom. The van der Waals surface area contributed by atoms with Crippen LogP contribution in [0.15, 0.2) is 57.8 Å². The summed E-state index contributed by atoms with van der Waals surface area (Å²) in [4.78, 5) is 12.7. The van der Waals surface area contributed by atoms with Crippen LogP contribution in [0.5, 0.6) is 5.75 Å². The lowest BCUT2D eigenvalue weighted by atomic mass is 10.1. The predicted molar refractivity (Wildman–Crippen MR) is 98.2 cm³/mol. The van der Waals surface area contributed by atoms with Crippen molar-refractivity contribution in [2.24, 2.45) is 0 Å². The van der Waals surface area contributed by atoms with Gasteiger partial charge in [0.05, 0.1) is 18.0 Å². The smallest absolute Gasteiger partial charge is 0.287 e. The molecule has 1 heterocycles. The number of ether oxygens (including phenoxy) is 1. The molecule has 3 aromatic rings. The van der Waals surface area contributed by atoms with Crippen LogP contribution in [-0.2, 0) is 9.84 Å². The summed E-state index contributed by atoms with van der Waals surface area (Å²) >= 11 is 0. The number of carbonyl (C=O) groups is 1. The monoisotopic (exact) mass is 373 g/mol. The number of furan rings is 1. The van der Waals surface area contributed by atoms with Gasteiger partial charge in [-0.25, -0.2) is 8.42 Å². The van der Waals surface area contributed by atoms with Crippen LogP contribution in [0.4, 0.5) is 0 Å². The lowest BCUT2D eigenvalue weighted by molar-refractivity contribution is 0.0914. The van der Waals surface area contributed by atoms with Crippen LogP contribution in [0.1, 0.15) is 29.1 Å². The second-order valence-electron chi connectivity index (χ2n) is 6.03. The highest BCUT2D eigenvalue weighted by molar-refractivity contribution is 7.90. The van der Waals surface area contributed by atoms with Gasteiger partial charge in [0.1, 0.15) is 0 Å². The quantitative estimate of drug-likeness (QED) is 0.741. The van der Waals surface area contributed by atoms with Crippen LogP contribution in [0.3, 0.4) is 0 Å². The molecule has 1 unspecified atom stereocenters. The molecule has 0 aliphatic rings. The number of rotatable bonds is 5. The molecular formula is C19H19NO5S. The Bertz CT molecular complexity index is 1050. The number of para-hydroxylation sites is 1. The molecule has 26 heavy (non-hydrogen) atoms. The molecule has 6 nitrogen and oxygen atoms in total. The first kappa shape index (κ1) is 18.0. The SMILES string of the molecule is COc1cccc2cc(C(=O)NC(C)c3ccc(S(C)(=O)=O)cc3)oc12. The zero-order valence-electron chi connectivity index (χ0n) is 14.6. The largest absolute Gasteiger partial charge is 0.493 e. The molecule has 7 heteroatoms. The Balaban J connectivity index is 1.79. The first-order valence-corrected chi connectivity index (χ1v) is 9.86. The lowest BCUT2D eigenvalue weighted by Crippen LogP contribution is -2.26. The van der Waals surface area contributed by atoms with Crippen LogP contribution in [0.25, 0.3) is 11.0 Å². The van der Waals surface area contributed by atoms with E-state index in [4.69, 9.17) is 9.15 Å². The van der Waals surface area contributed by atoms with Crippen molar-refractivity contribution in [3.63, 3.8) is 0 Å². The second kappa shape index (κ2) is 6.84. The van der Waals surface area contributed by atoms with E-state index < -0.39 is 9.84 Å². The molecule has 136 valence electrons. The van der Waals surface area contributed by atoms with E-state index in [0.717, 1.165) is 17.2 Å². The summed E-state index contributed by atoms with van der Waals surface area (Å²) in [6.45, 7) is 1.82. The van der Waals surface area contributed by atoms with Gasteiger partial charge >= 0.3 is 0 Å². The summed E-state index contributed by atoms with van der Waals surface area (Å²) in [6, 6.07) is 13.2. The van der Waals surface area contributed by atoms with Crippen LogP contribution >= 0.6 is 0 Å². The minimum atomic E-state index is -3.25. The molecule has 0 saturated heterocycles. The Labute approximate surface area is 151 Å². The number of benzene rings is 2. The van der Waals surface area contributed by atoms with Crippen molar-refractivity contribution < 1.29 is 22.4 Å². The molecule has 0 radical (unpaired) electrons. The van der Waals surface area contributed by atoms with E-state index in [9.17, 15) is 13.2 Å². The number of fused-ring (bicyclic) bond motifs is 1. The van der Waals surface area contributed by atoms with Crippen LogP contribution < -0.4 is 10.1 Å². The van der Waals surface area contributed by atoms with Crippen LogP contribution in [-0.4, -0.2) is 27.7 Å². The van der Waals surface area contributed by atoms with Gasteiger partial charge in [-0.15, -0.1) is 0 Å². The molecule has 0 fully saturated rings. The molecular weight excluding hydrogens is 354 g/mol. The van der Waals surface area contributed by atoms with E-state index in [0.29, 0.717) is 11.3 Å². The molecule has 1 N–H and O–H groups in total. The van der Waals surface area contributed by atoms with Crippen molar-refractivity contribution in [2.75, 3.05) is 13.4 Å². The summed E-state index contributed by atoms with van der Waals surface area (Å²) in [5, 5.41) is 3.62. The average Bonchev–Trinajstić information content (AvgIpc) is 3.05. The van der Waals surface area contributed by atoms with Gasteiger partial charge < -0.3 is 14.5 Å². The number of amides is 1. The van der Waals surface area contributed by atoms with Crippen LogP contribution in [0, 0.1) is 0 Å². The van der Waals surface area contributed by atoms with Crippen molar-refractivity contribution in [1.29, 1.82) is 0 Å². The summed E-state index contributed by atoms with van der Waals surface area (Å²) in [6.07, 6.45) is 1.16. The third-order valence-electron chi connectivity index (χ3n) is 4.11. The van der Waals surface area contributed by atoms with Gasteiger partial charge in [0.2, 0.25) is 0 Å². The third-order valence-corrected chi connectivity index (χ3v) is 5.24. The van der Waals surface area contributed by atoms with Gasteiger partial charge in [-0.1, -0.05) is 24.3 Å². The average molecular weight is 373 g/mol. The highest BCUT2D eigenvalue weighted by Crippen LogP contribution is 2.28. The third kappa shape index (κ3) is 3.57. The highest BCUT2D eigenvalue weighted by atomic mass is 32.2. The van der Waals surface area contributed by atoms with Gasteiger partial charge in [-0.3, -0.25) is 4.79 Å². The summed E-state index contributed by atoms with van der Waals surface area (Å²) in [5.74, 6) is 0.387. The normalized spacial score (nSPS) is 12.7. The van der Waals surface area contributed by atoms with E-state index in [1.54, 1.807) is 31.4 Å². The number of sulfone groups is 1. The first-order valence-electron chi connectivity index (χ1n) is 7.97. The predicted octanol–water partition coefficient (Wildman–Crippen LogP) is 3.34. The molecule has 0 bridgehead atoms. The topological polar surface area (TPSA) is 85.6 Å². The number of hydrogen-bond acceptors (Lipinski definition) is 5. The fraction of sp³-hybridized carbons (Fsp3) is 0.211. The van der Waals surface area contributed by atoms with Crippen molar-refractivity contribution in [1.82, 2.24) is 5.32 Å². The zero-order valence-corrected chi connectivity index (χ0v) is 15.5. The molecule has 3 rings (SSSR count). The Kier molecular flexibility index (Phi) is 4.73. The summed E-state index contributed by atoms with van der Waals surface area (Å²) in [5.41, 5.74) is 1.31. The Hall–Kier alpha value is -2.80. The van der Waals surface area contributed by atoms with Crippen molar-refractivity contribution in [3.8, 4) is 5.75 Å². The minimum absolute atomic E-state index is 0.184. The molecule has 2 aromatic carbocycles. The van der Waals surface area contributed by atoms with E-state index >= 15 is 0 Å². The number of nitrogens with one attached hydrogen (secondary N) is 1. The number of carbonyl (C=O) groups excluding carboxylic acids is 1. The maximum Gasteiger partial charge on any atom is 0.287 e. The van der Waals surface area contributed by atoms with Gasteiger partial charge in [0.15, 0.2) is 26.9 Å². The van der Waals surface area contributed by atoms with Gasteiger partial charge in [-0.05, 0) is 36.8 Å². The van der Waals surface area contributed by atoms with Crippen molar-refractivity contribution in [3.05, 3.63) is 59.9 Å². The molecule has 0 aliphatic heterocycles. The van der Waals surface area contributed by atoms with E-state index in [1.165, 1.54) is 12.1 Å². The Morgan fingerprint density at radius 1 is 1.15 bits per heavy atom. The van der Waals surface area contributed by atoms with E-state index in [-0.39, 0.29) is 22.6 Å². The summed E-state index contributed by atoms with van der Waals surface area (Å²) in [7, 11) is -1.71. The molecule has 0 spiro atoms. The zero-order chi connectivity index (χ0) is 18.9. The summed E-state index contributed by atoms with van der Waals surface area (Å²) < 4.78 is 33.9. The Morgan fingerprint density at radius 3 is 2.46 bits per heavy atom.